The van der Waals surface area contributed by atoms with E-state index in [1.165, 1.54) is 15.9 Å². The molecule has 1 saturated heterocycles. The van der Waals surface area contributed by atoms with E-state index in [4.69, 9.17) is 0 Å². The van der Waals surface area contributed by atoms with E-state index in [0.717, 1.165) is 38.8 Å². The van der Waals surface area contributed by atoms with Crippen LogP contribution in [0.4, 0.5) is 0 Å². The van der Waals surface area contributed by atoms with Crippen molar-refractivity contribution in [2.24, 2.45) is 13.0 Å². The van der Waals surface area contributed by atoms with E-state index in [0.29, 0.717) is 24.7 Å². The zero-order valence-electron chi connectivity index (χ0n) is 18.3. The van der Waals surface area contributed by atoms with Gasteiger partial charge in [0.15, 0.2) is 0 Å². The minimum absolute atomic E-state index is 0.0833. The molecule has 2 aromatic rings. The van der Waals surface area contributed by atoms with Crippen LogP contribution in [0.3, 0.4) is 0 Å². The summed E-state index contributed by atoms with van der Waals surface area (Å²) < 4.78 is 28.6. The van der Waals surface area contributed by atoms with Crippen LogP contribution >= 0.6 is 0 Å². The average molecular weight is 432 g/mol. The molecule has 0 unspecified atom stereocenters. The monoisotopic (exact) mass is 431 g/mol. The molecule has 7 heteroatoms. The molecule has 1 fully saturated rings. The van der Waals surface area contributed by atoms with Crippen molar-refractivity contribution in [2.45, 2.75) is 44.4 Å². The van der Waals surface area contributed by atoms with Gasteiger partial charge in [-0.05, 0) is 43.2 Å². The van der Waals surface area contributed by atoms with Gasteiger partial charge in [0.05, 0.1) is 0 Å². The minimum Gasteiger partial charge on any atom is -0.345 e. The molecule has 0 radical (unpaired) electrons. The Labute approximate surface area is 180 Å². The Kier molecular flexibility index (Phi) is 7.36. The number of hydrogen-bond donors (Lipinski definition) is 0. The second-order valence-corrected chi connectivity index (χ2v) is 9.96. The van der Waals surface area contributed by atoms with E-state index in [9.17, 15) is 13.2 Å². The van der Waals surface area contributed by atoms with Crippen LogP contribution in [0.25, 0.3) is 0 Å². The van der Waals surface area contributed by atoms with Crippen molar-refractivity contribution in [3.63, 3.8) is 0 Å². The van der Waals surface area contributed by atoms with Gasteiger partial charge >= 0.3 is 0 Å². The molecule has 3 rings (SSSR count). The van der Waals surface area contributed by atoms with Crippen molar-refractivity contribution in [1.82, 2.24) is 13.8 Å². The number of aryl methyl sites for hydroxylation is 2. The van der Waals surface area contributed by atoms with Crippen LogP contribution in [-0.4, -0.2) is 54.3 Å². The molecule has 164 valence electrons. The van der Waals surface area contributed by atoms with Crippen LogP contribution in [0, 0.1) is 5.92 Å². The molecule has 0 spiro atoms. The van der Waals surface area contributed by atoms with Crippen molar-refractivity contribution in [3.8, 4) is 0 Å². The summed E-state index contributed by atoms with van der Waals surface area (Å²) in [7, 11) is -1.83. The van der Waals surface area contributed by atoms with Crippen molar-refractivity contribution >= 4 is 15.9 Å². The standard InChI is InChI=1S/C23H33N3O3S/c1-4-26(5-2)30(28,29)21-17-22(24(3)18-21)23(27)25-15-13-20(14-16-25)12-11-19-9-7-6-8-10-19/h6-10,17-18,20H,4-5,11-16H2,1-3H3. The normalized spacial score (nSPS) is 15.7. The highest BCUT2D eigenvalue weighted by Gasteiger charge is 2.29. The highest BCUT2D eigenvalue weighted by molar-refractivity contribution is 7.89. The molecule has 1 aliphatic heterocycles. The summed E-state index contributed by atoms with van der Waals surface area (Å²) in [6.07, 6.45) is 5.75. The van der Waals surface area contributed by atoms with Gasteiger partial charge in [-0.15, -0.1) is 0 Å². The third-order valence-electron chi connectivity index (χ3n) is 6.13. The zero-order chi connectivity index (χ0) is 21.7. The van der Waals surface area contributed by atoms with E-state index in [-0.39, 0.29) is 10.8 Å². The van der Waals surface area contributed by atoms with Gasteiger partial charge in [-0.25, -0.2) is 8.42 Å². The number of amides is 1. The predicted molar refractivity (Wildman–Crippen MR) is 119 cm³/mol. The summed E-state index contributed by atoms with van der Waals surface area (Å²) in [5.74, 6) is 0.543. The first-order valence-corrected chi connectivity index (χ1v) is 12.3. The van der Waals surface area contributed by atoms with E-state index in [1.807, 2.05) is 24.8 Å². The van der Waals surface area contributed by atoms with Crippen molar-refractivity contribution in [1.29, 1.82) is 0 Å². The fourth-order valence-electron chi connectivity index (χ4n) is 4.20. The molecule has 0 saturated carbocycles. The quantitative estimate of drug-likeness (QED) is 0.642. The van der Waals surface area contributed by atoms with Gasteiger partial charge in [0, 0.05) is 39.4 Å². The number of sulfonamides is 1. The second kappa shape index (κ2) is 9.79. The smallest absolute Gasteiger partial charge is 0.270 e. The molecule has 0 N–H and O–H groups in total. The van der Waals surface area contributed by atoms with Gasteiger partial charge in [-0.1, -0.05) is 44.2 Å². The van der Waals surface area contributed by atoms with Crippen LogP contribution in [0.1, 0.15) is 49.2 Å². The summed E-state index contributed by atoms with van der Waals surface area (Å²) >= 11 is 0. The fraction of sp³-hybridized carbons (Fsp3) is 0.522. The van der Waals surface area contributed by atoms with Gasteiger partial charge in [0.1, 0.15) is 10.6 Å². The summed E-state index contributed by atoms with van der Waals surface area (Å²) in [6, 6.07) is 12.0. The topological polar surface area (TPSA) is 62.6 Å². The lowest BCUT2D eigenvalue weighted by Gasteiger charge is -2.32. The summed E-state index contributed by atoms with van der Waals surface area (Å²) in [5.41, 5.74) is 1.80. The van der Waals surface area contributed by atoms with Crippen molar-refractivity contribution in [3.05, 3.63) is 53.9 Å². The Bertz CT molecular complexity index is 941. The molecule has 0 aliphatic carbocycles. The number of hydrogen-bond acceptors (Lipinski definition) is 3. The maximum atomic E-state index is 13.1. The molecule has 0 atom stereocenters. The number of carbonyl (C=O) groups excluding carboxylic acids is 1. The number of carbonyl (C=O) groups is 1. The van der Waals surface area contributed by atoms with E-state index in [1.54, 1.807) is 17.8 Å². The van der Waals surface area contributed by atoms with E-state index < -0.39 is 10.0 Å². The Balaban J connectivity index is 1.61. The molecule has 2 heterocycles. The largest absolute Gasteiger partial charge is 0.345 e. The number of piperidine rings is 1. The average Bonchev–Trinajstić information content (AvgIpc) is 3.16. The lowest BCUT2D eigenvalue weighted by Crippen LogP contribution is -2.39. The van der Waals surface area contributed by atoms with E-state index >= 15 is 0 Å². The maximum Gasteiger partial charge on any atom is 0.270 e. The van der Waals surface area contributed by atoms with Gasteiger partial charge in [0.25, 0.3) is 5.91 Å². The SMILES string of the molecule is CCN(CC)S(=O)(=O)c1cc(C(=O)N2CCC(CCc3ccccc3)CC2)n(C)c1. The first-order valence-electron chi connectivity index (χ1n) is 10.9. The Hall–Kier alpha value is -2.12. The Morgan fingerprint density at radius 1 is 1.10 bits per heavy atom. The summed E-state index contributed by atoms with van der Waals surface area (Å²) in [6.45, 7) is 5.90. The molecular weight excluding hydrogens is 398 g/mol. The van der Waals surface area contributed by atoms with Crippen molar-refractivity contribution < 1.29 is 13.2 Å². The van der Waals surface area contributed by atoms with Gasteiger partial charge in [-0.2, -0.15) is 4.31 Å². The fourth-order valence-corrected chi connectivity index (χ4v) is 5.73. The highest BCUT2D eigenvalue weighted by Crippen LogP contribution is 2.25. The molecule has 1 aromatic heterocycles. The van der Waals surface area contributed by atoms with Crippen LogP contribution in [0.5, 0.6) is 0 Å². The van der Waals surface area contributed by atoms with Gasteiger partial charge in [0.2, 0.25) is 10.0 Å². The predicted octanol–water partition coefficient (Wildman–Crippen LogP) is 3.54. The molecule has 1 amide bonds. The first-order chi connectivity index (χ1) is 14.4. The Morgan fingerprint density at radius 2 is 1.73 bits per heavy atom. The van der Waals surface area contributed by atoms with Crippen LogP contribution in [0.15, 0.2) is 47.5 Å². The zero-order valence-corrected chi connectivity index (χ0v) is 19.1. The first kappa shape index (κ1) is 22.6. The van der Waals surface area contributed by atoms with Gasteiger partial charge < -0.3 is 9.47 Å². The van der Waals surface area contributed by atoms with Gasteiger partial charge in [-0.3, -0.25) is 4.79 Å². The number of aromatic nitrogens is 1. The van der Waals surface area contributed by atoms with Crippen molar-refractivity contribution in [2.75, 3.05) is 26.2 Å². The summed E-state index contributed by atoms with van der Waals surface area (Å²) in [4.78, 5) is 15.1. The molecule has 1 aromatic carbocycles. The third kappa shape index (κ3) is 4.95. The number of nitrogens with zero attached hydrogens (tertiary/aromatic N) is 3. The second-order valence-electron chi connectivity index (χ2n) is 8.02. The molecular formula is C23H33N3O3S. The lowest BCUT2D eigenvalue weighted by atomic mass is 9.90. The molecule has 0 bridgehead atoms. The highest BCUT2D eigenvalue weighted by atomic mass is 32.2. The number of likely N-dealkylation sites (tertiary alicyclic amines) is 1. The number of rotatable bonds is 8. The maximum absolute atomic E-state index is 13.1. The van der Waals surface area contributed by atoms with E-state index in [2.05, 4.69) is 24.3 Å². The third-order valence-corrected chi connectivity index (χ3v) is 8.14. The molecule has 1 aliphatic rings. The van der Waals surface area contributed by atoms with Crippen LogP contribution < -0.4 is 0 Å². The number of benzene rings is 1. The lowest BCUT2D eigenvalue weighted by molar-refractivity contribution is 0.0677. The van der Waals surface area contributed by atoms with Crippen LogP contribution in [-0.2, 0) is 23.5 Å². The Morgan fingerprint density at radius 3 is 2.33 bits per heavy atom. The van der Waals surface area contributed by atoms with Crippen LogP contribution in [0.2, 0.25) is 0 Å². The molecule has 30 heavy (non-hydrogen) atoms. The molecule has 6 nitrogen and oxygen atoms in total. The summed E-state index contributed by atoms with van der Waals surface area (Å²) in [5, 5.41) is 0. The minimum atomic E-state index is -3.57.